The minimum absolute atomic E-state index is 0.0285. The number of sulfonamides is 1. The van der Waals surface area contributed by atoms with Crippen molar-refractivity contribution in [1.29, 1.82) is 0 Å². The summed E-state index contributed by atoms with van der Waals surface area (Å²) in [6.45, 7) is 3.05. The van der Waals surface area contributed by atoms with Gasteiger partial charge in [0.15, 0.2) is 0 Å². The molecule has 0 saturated carbocycles. The van der Waals surface area contributed by atoms with Crippen LogP contribution in [0, 0.1) is 12.8 Å². The number of ether oxygens (including phenoxy) is 1. The number of nitrogens with zero attached hydrogens (tertiary/aromatic N) is 2. The molecule has 6 nitrogen and oxygen atoms in total. The van der Waals surface area contributed by atoms with Crippen LogP contribution in [-0.4, -0.2) is 55.5 Å². The van der Waals surface area contributed by atoms with E-state index in [-0.39, 0.29) is 24.1 Å². The van der Waals surface area contributed by atoms with Gasteiger partial charge in [0.05, 0.1) is 10.9 Å². The van der Waals surface area contributed by atoms with Crippen LogP contribution in [0.15, 0.2) is 51.9 Å². The van der Waals surface area contributed by atoms with E-state index >= 15 is 0 Å². The molecule has 0 N–H and O–H groups in total. The van der Waals surface area contributed by atoms with Crippen LogP contribution in [0.2, 0.25) is 0 Å². The van der Waals surface area contributed by atoms with E-state index in [0.717, 1.165) is 10.0 Å². The Morgan fingerprint density at radius 3 is 2.68 bits per heavy atom. The Bertz CT molecular complexity index is 935. The molecule has 150 valence electrons. The third-order valence-corrected chi connectivity index (χ3v) is 8.06. The lowest BCUT2D eigenvalue weighted by Gasteiger charge is -2.45. The van der Waals surface area contributed by atoms with E-state index < -0.39 is 10.0 Å². The second-order valence-electron chi connectivity index (χ2n) is 7.50. The summed E-state index contributed by atoms with van der Waals surface area (Å²) in [5.74, 6) is 0.117. The molecule has 4 rings (SSSR count). The quantitative estimate of drug-likeness (QED) is 0.684. The summed E-state index contributed by atoms with van der Waals surface area (Å²) in [6.07, 6.45) is 6.96. The van der Waals surface area contributed by atoms with Gasteiger partial charge in [-0.1, -0.05) is 46.3 Å². The van der Waals surface area contributed by atoms with Crippen LogP contribution >= 0.6 is 15.9 Å². The van der Waals surface area contributed by atoms with Crippen molar-refractivity contribution < 1.29 is 17.9 Å². The number of aryl methyl sites for hydroxylation is 1. The van der Waals surface area contributed by atoms with Crippen molar-refractivity contribution in [2.45, 2.75) is 36.7 Å². The number of benzene rings is 1. The lowest BCUT2D eigenvalue weighted by molar-refractivity contribution is 0.00613. The molecular weight excluding hydrogens is 444 g/mol. The Morgan fingerprint density at radius 1 is 1.21 bits per heavy atom. The zero-order valence-electron chi connectivity index (χ0n) is 15.6. The van der Waals surface area contributed by atoms with Crippen molar-refractivity contribution >= 4 is 32.0 Å². The molecule has 0 radical (unpaired) electrons. The van der Waals surface area contributed by atoms with Gasteiger partial charge in [0.1, 0.15) is 6.61 Å². The van der Waals surface area contributed by atoms with Gasteiger partial charge < -0.3 is 4.74 Å². The van der Waals surface area contributed by atoms with E-state index in [9.17, 15) is 13.2 Å². The number of hydrogen-bond donors (Lipinski definition) is 0. The Morgan fingerprint density at radius 2 is 1.96 bits per heavy atom. The van der Waals surface area contributed by atoms with Gasteiger partial charge >= 0.3 is 6.09 Å². The third-order valence-electron chi connectivity index (χ3n) is 5.64. The second-order valence-corrected chi connectivity index (χ2v) is 10.4. The molecular formula is C20H23BrN2O4S. The van der Waals surface area contributed by atoms with E-state index in [1.165, 1.54) is 4.31 Å². The summed E-state index contributed by atoms with van der Waals surface area (Å²) in [7, 11) is -3.51. The molecule has 1 aliphatic carbocycles. The zero-order valence-corrected chi connectivity index (χ0v) is 18.0. The molecule has 2 fully saturated rings. The maximum Gasteiger partial charge on any atom is 0.410 e. The number of allylic oxidation sites excluding steroid dienone is 2. The summed E-state index contributed by atoms with van der Waals surface area (Å²) in [6, 6.07) is 6.92. The predicted molar refractivity (Wildman–Crippen MR) is 110 cm³/mol. The highest BCUT2D eigenvalue weighted by molar-refractivity contribution is 9.11. The number of halogens is 1. The molecule has 8 heteroatoms. The fourth-order valence-corrected chi connectivity index (χ4v) is 6.25. The Hall–Kier alpha value is -1.64. The summed E-state index contributed by atoms with van der Waals surface area (Å²) in [5.41, 5.74) is 0.918. The summed E-state index contributed by atoms with van der Waals surface area (Å²) < 4.78 is 33.8. The van der Waals surface area contributed by atoms with Crippen LogP contribution in [0.4, 0.5) is 4.79 Å². The normalized spacial score (nSPS) is 26.6. The first-order valence-corrected chi connectivity index (χ1v) is 11.7. The fourth-order valence-electron chi connectivity index (χ4n) is 4.18. The molecule has 2 aliphatic heterocycles. The Kier molecular flexibility index (Phi) is 5.37. The van der Waals surface area contributed by atoms with Crippen molar-refractivity contribution in [1.82, 2.24) is 9.21 Å². The van der Waals surface area contributed by atoms with Crippen LogP contribution in [0.25, 0.3) is 0 Å². The molecule has 1 aromatic rings. The van der Waals surface area contributed by atoms with E-state index in [4.69, 9.17) is 4.74 Å². The average molecular weight is 467 g/mol. The van der Waals surface area contributed by atoms with Crippen LogP contribution in [0.3, 0.4) is 0 Å². The van der Waals surface area contributed by atoms with Crippen molar-refractivity contribution in [3.05, 3.63) is 52.5 Å². The zero-order chi connectivity index (χ0) is 19.9. The van der Waals surface area contributed by atoms with Crippen LogP contribution in [-0.2, 0) is 14.8 Å². The average Bonchev–Trinajstić information content (AvgIpc) is 2.68. The molecule has 28 heavy (non-hydrogen) atoms. The highest BCUT2D eigenvalue weighted by atomic mass is 79.9. The highest BCUT2D eigenvalue weighted by Crippen LogP contribution is 2.33. The first kappa shape index (κ1) is 19.7. The van der Waals surface area contributed by atoms with Crippen LogP contribution < -0.4 is 0 Å². The van der Waals surface area contributed by atoms with Gasteiger partial charge in [-0.05, 0) is 37.5 Å². The minimum atomic E-state index is -3.51. The van der Waals surface area contributed by atoms with E-state index in [1.54, 1.807) is 23.1 Å². The van der Waals surface area contributed by atoms with Gasteiger partial charge in [-0.15, -0.1) is 0 Å². The molecule has 2 saturated heterocycles. The lowest BCUT2D eigenvalue weighted by atomic mass is 9.90. The molecule has 3 aliphatic rings. The second kappa shape index (κ2) is 7.65. The summed E-state index contributed by atoms with van der Waals surface area (Å²) in [5, 5.41) is 0. The summed E-state index contributed by atoms with van der Waals surface area (Å²) >= 11 is 3.48. The SMILES string of the molecule is Cc1cccc(S(=O)(=O)N2CCC(N3C(=O)OCC4C=C(Br)C=CC43)CC2)c1. The third kappa shape index (κ3) is 3.65. The van der Waals surface area contributed by atoms with E-state index in [2.05, 4.69) is 22.0 Å². The van der Waals surface area contributed by atoms with Gasteiger partial charge in [0.25, 0.3) is 0 Å². The van der Waals surface area contributed by atoms with E-state index in [0.29, 0.717) is 37.4 Å². The molecule has 2 heterocycles. The van der Waals surface area contributed by atoms with Crippen molar-refractivity contribution in [2.24, 2.45) is 5.92 Å². The smallest absolute Gasteiger partial charge is 0.410 e. The maximum atomic E-state index is 12.9. The Balaban J connectivity index is 1.48. The van der Waals surface area contributed by atoms with Crippen LogP contribution in [0.5, 0.6) is 0 Å². The Labute approximate surface area is 174 Å². The molecule has 1 amide bonds. The first-order valence-electron chi connectivity index (χ1n) is 9.44. The number of fused-ring (bicyclic) bond motifs is 1. The van der Waals surface area contributed by atoms with E-state index in [1.807, 2.05) is 25.1 Å². The molecule has 0 bridgehead atoms. The highest BCUT2D eigenvalue weighted by Gasteiger charge is 2.42. The fraction of sp³-hybridized carbons (Fsp3) is 0.450. The van der Waals surface area contributed by atoms with Crippen molar-refractivity contribution in [3.8, 4) is 0 Å². The monoisotopic (exact) mass is 466 g/mol. The maximum absolute atomic E-state index is 12.9. The topological polar surface area (TPSA) is 66.9 Å². The van der Waals surface area contributed by atoms with Gasteiger partial charge in [0.2, 0.25) is 10.0 Å². The van der Waals surface area contributed by atoms with Gasteiger partial charge in [-0.3, -0.25) is 4.90 Å². The van der Waals surface area contributed by atoms with Gasteiger partial charge in [-0.2, -0.15) is 4.31 Å². The molecule has 2 atom stereocenters. The van der Waals surface area contributed by atoms with Gasteiger partial charge in [0, 0.05) is 29.5 Å². The molecule has 1 aromatic carbocycles. The van der Waals surface area contributed by atoms with Crippen molar-refractivity contribution in [2.75, 3.05) is 19.7 Å². The number of amides is 1. The van der Waals surface area contributed by atoms with Gasteiger partial charge in [-0.25, -0.2) is 13.2 Å². The number of rotatable bonds is 3. The number of carbonyl (C=O) groups excluding carboxylic acids is 1. The predicted octanol–water partition coefficient (Wildman–Crippen LogP) is 3.43. The largest absolute Gasteiger partial charge is 0.449 e. The summed E-state index contributed by atoms with van der Waals surface area (Å²) in [4.78, 5) is 14.6. The van der Waals surface area contributed by atoms with Crippen molar-refractivity contribution in [3.63, 3.8) is 0 Å². The number of cyclic esters (lactones) is 1. The number of carbonyl (C=O) groups is 1. The molecule has 0 aromatic heterocycles. The first-order chi connectivity index (χ1) is 13.4. The standard InChI is InChI=1S/C20H23BrN2O4S/c1-14-3-2-4-18(11-14)28(25,26)22-9-7-17(8-10-22)23-19-6-5-16(21)12-15(19)13-27-20(23)24/h2-6,11-12,15,17,19H,7-10,13H2,1H3. The van der Waals surface area contributed by atoms with Crippen LogP contribution in [0.1, 0.15) is 18.4 Å². The minimum Gasteiger partial charge on any atom is -0.449 e. The number of piperidine rings is 1. The molecule has 0 spiro atoms. The lowest BCUT2D eigenvalue weighted by Crippen LogP contribution is -2.57. The molecule has 2 unspecified atom stereocenters. The number of hydrogen-bond acceptors (Lipinski definition) is 4.